The fourth-order valence-electron chi connectivity index (χ4n) is 3.27. The minimum absolute atomic E-state index is 0.186. The predicted octanol–water partition coefficient (Wildman–Crippen LogP) is 3.09. The molecule has 2 aromatic carbocycles. The van der Waals surface area contributed by atoms with Gasteiger partial charge in [0.1, 0.15) is 12.6 Å². The zero-order valence-electron chi connectivity index (χ0n) is 19.6. The van der Waals surface area contributed by atoms with Crippen molar-refractivity contribution in [1.82, 2.24) is 10.2 Å². The first-order valence-corrected chi connectivity index (χ1v) is 12.3. The van der Waals surface area contributed by atoms with Gasteiger partial charge in [-0.15, -0.1) is 0 Å². The second-order valence-corrected chi connectivity index (χ2v) is 10.9. The van der Waals surface area contributed by atoms with Crippen molar-refractivity contribution >= 4 is 27.5 Å². The van der Waals surface area contributed by atoms with Gasteiger partial charge in [-0.2, -0.15) is 0 Å². The molecule has 32 heavy (non-hydrogen) atoms. The van der Waals surface area contributed by atoms with Crippen LogP contribution in [0.25, 0.3) is 0 Å². The Kier molecular flexibility index (Phi) is 8.07. The first-order valence-electron chi connectivity index (χ1n) is 10.5. The molecule has 0 bridgehead atoms. The van der Waals surface area contributed by atoms with Gasteiger partial charge in [0.2, 0.25) is 21.8 Å². The largest absolute Gasteiger partial charge is 0.350 e. The second-order valence-electron chi connectivity index (χ2n) is 9.03. The lowest BCUT2D eigenvalue weighted by Gasteiger charge is -2.33. The van der Waals surface area contributed by atoms with E-state index in [1.54, 1.807) is 37.3 Å². The van der Waals surface area contributed by atoms with Gasteiger partial charge in [0.25, 0.3) is 0 Å². The predicted molar refractivity (Wildman–Crippen MR) is 128 cm³/mol. The van der Waals surface area contributed by atoms with Crippen LogP contribution in [0, 0.1) is 6.92 Å². The molecule has 7 nitrogen and oxygen atoms in total. The zero-order chi connectivity index (χ0) is 24.1. The molecule has 0 heterocycles. The number of anilines is 1. The monoisotopic (exact) mass is 459 g/mol. The number of amides is 2. The highest BCUT2D eigenvalue weighted by Gasteiger charge is 2.31. The van der Waals surface area contributed by atoms with Crippen LogP contribution in [0.5, 0.6) is 0 Å². The summed E-state index contributed by atoms with van der Waals surface area (Å²) < 4.78 is 26.0. The van der Waals surface area contributed by atoms with Gasteiger partial charge in [-0.3, -0.25) is 13.9 Å². The Morgan fingerprint density at radius 1 is 1.03 bits per heavy atom. The summed E-state index contributed by atoms with van der Waals surface area (Å²) in [6.07, 6.45) is 1.06. The lowest BCUT2D eigenvalue weighted by molar-refractivity contribution is -0.140. The first-order chi connectivity index (χ1) is 14.8. The van der Waals surface area contributed by atoms with E-state index in [2.05, 4.69) is 5.32 Å². The van der Waals surface area contributed by atoms with Crippen LogP contribution in [0.3, 0.4) is 0 Å². The smallest absolute Gasteiger partial charge is 0.244 e. The SMILES string of the molecule is Cc1cccc(CN(C(=O)CN(c2ccccc2)S(C)(=O)=O)C(C)C(=O)NC(C)(C)C)c1. The van der Waals surface area contributed by atoms with Gasteiger partial charge in [0.05, 0.1) is 11.9 Å². The van der Waals surface area contributed by atoms with Crippen LogP contribution >= 0.6 is 0 Å². The van der Waals surface area contributed by atoms with Crippen molar-refractivity contribution in [3.05, 3.63) is 65.7 Å². The maximum Gasteiger partial charge on any atom is 0.244 e. The van der Waals surface area contributed by atoms with Gasteiger partial charge >= 0.3 is 0 Å². The molecule has 0 radical (unpaired) electrons. The van der Waals surface area contributed by atoms with Crippen molar-refractivity contribution in [2.45, 2.75) is 52.7 Å². The van der Waals surface area contributed by atoms with Crippen molar-refractivity contribution in [2.75, 3.05) is 17.1 Å². The third kappa shape index (κ3) is 7.37. The summed E-state index contributed by atoms with van der Waals surface area (Å²) in [5.41, 5.74) is 1.82. The molecule has 1 N–H and O–H groups in total. The molecular formula is C24H33N3O4S. The Morgan fingerprint density at radius 3 is 2.19 bits per heavy atom. The molecule has 174 valence electrons. The van der Waals surface area contributed by atoms with E-state index in [0.717, 1.165) is 21.7 Å². The number of sulfonamides is 1. The molecule has 8 heteroatoms. The van der Waals surface area contributed by atoms with Crippen LogP contribution < -0.4 is 9.62 Å². The van der Waals surface area contributed by atoms with Crippen LogP contribution in [0.1, 0.15) is 38.8 Å². The van der Waals surface area contributed by atoms with E-state index >= 15 is 0 Å². The molecule has 0 aromatic heterocycles. The van der Waals surface area contributed by atoms with Crippen molar-refractivity contribution in [3.8, 4) is 0 Å². The number of carbonyl (C=O) groups excluding carboxylic acids is 2. The number of hydrogen-bond donors (Lipinski definition) is 1. The van der Waals surface area contributed by atoms with Crippen LogP contribution in [-0.2, 0) is 26.2 Å². The Labute approximate surface area is 191 Å². The summed E-state index contributed by atoms with van der Waals surface area (Å²) >= 11 is 0. The molecule has 2 aromatic rings. The van der Waals surface area contributed by atoms with Crippen LogP contribution in [0.2, 0.25) is 0 Å². The molecule has 0 saturated heterocycles. The molecule has 0 saturated carbocycles. The number of aryl methyl sites for hydroxylation is 1. The molecular weight excluding hydrogens is 426 g/mol. The molecule has 2 amide bonds. The number of para-hydroxylation sites is 1. The lowest BCUT2D eigenvalue weighted by atomic mass is 10.1. The number of hydrogen-bond acceptors (Lipinski definition) is 4. The number of nitrogens with one attached hydrogen (secondary N) is 1. The third-order valence-electron chi connectivity index (χ3n) is 4.82. The van der Waals surface area contributed by atoms with E-state index in [-0.39, 0.29) is 12.5 Å². The van der Waals surface area contributed by atoms with E-state index in [0.29, 0.717) is 5.69 Å². The van der Waals surface area contributed by atoms with Gasteiger partial charge in [0, 0.05) is 12.1 Å². The molecule has 0 aliphatic carbocycles. The maximum absolute atomic E-state index is 13.4. The van der Waals surface area contributed by atoms with Crippen molar-refractivity contribution in [1.29, 1.82) is 0 Å². The fourth-order valence-corrected chi connectivity index (χ4v) is 4.12. The highest BCUT2D eigenvalue weighted by molar-refractivity contribution is 7.92. The van der Waals surface area contributed by atoms with E-state index in [1.807, 2.05) is 52.0 Å². The van der Waals surface area contributed by atoms with E-state index in [9.17, 15) is 18.0 Å². The number of carbonyl (C=O) groups is 2. The summed E-state index contributed by atoms with van der Waals surface area (Å²) in [7, 11) is -3.72. The van der Waals surface area contributed by atoms with Crippen LogP contribution in [-0.4, -0.2) is 49.5 Å². The van der Waals surface area contributed by atoms with Gasteiger partial charge in [-0.1, -0.05) is 48.0 Å². The number of benzene rings is 2. The van der Waals surface area contributed by atoms with Gasteiger partial charge in [-0.05, 0) is 52.3 Å². The van der Waals surface area contributed by atoms with Crippen LogP contribution in [0.15, 0.2) is 54.6 Å². The zero-order valence-corrected chi connectivity index (χ0v) is 20.4. The van der Waals surface area contributed by atoms with Crippen LogP contribution in [0.4, 0.5) is 5.69 Å². The number of nitrogens with zero attached hydrogens (tertiary/aromatic N) is 2. The summed E-state index contributed by atoms with van der Waals surface area (Å²) in [6.45, 7) is 8.99. The van der Waals surface area contributed by atoms with Gasteiger partial charge in [-0.25, -0.2) is 8.42 Å². The summed E-state index contributed by atoms with van der Waals surface area (Å²) in [5, 5.41) is 2.90. The van der Waals surface area contributed by atoms with E-state index in [4.69, 9.17) is 0 Å². The molecule has 0 aliphatic rings. The summed E-state index contributed by atoms with van der Waals surface area (Å²) in [5.74, 6) is -0.763. The molecule has 0 aliphatic heterocycles. The first kappa shape index (κ1) is 25.4. The van der Waals surface area contributed by atoms with Crippen molar-refractivity contribution < 1.29 is 18.0 Å². The maximum atomic E-state index is 13.4. The average molecular weight is 460 g/mol. The highest BCUT2D eigenvalue weighted by Crippen LogP contribution is 2.19. The average Bonchev–Trinajstić information content (AvgIpc) is 2.68. The Bertz CT molecular complexity index is 1050. The molecule has 1 atom stereocenters. The molecule has 0 fully saturated rings. The van der Waals surface area contributed by atoms with E-state index in [1.165, 1.54) is 4.90 Å². The highest BCUT2D eigenvalue weighted by atomic mass is 32.2. The number of rotatable bonds is 8. The van der Waals surface area contributed by atoms with Gasteiger partial charge in [0.15, 0.2) is 0 Å². The second kappa shape index (κ2) is 10.2. The Balaban J connectivity index is 2.38. The third-order valence-corrected chi connectivity index (χ3v) is 5.96. The fraction of sp³-hybridized carbons (Fsp3) is 0.417. The molecule has 1 unspecified atom stereocenters. The standard InChI is InChI=1S/C24H33N3O4S/c1-18-11-10-12-20(15-18)16-26(19(2)23(29)25-24(3,4)5)22(28)17-27(32(6,30)31)21-13-8-7-9-14-21/h7-15,19H,16-17H2,1-6H3,(H,25,29). The Hall–Kier alpha value is -2.87. The summed E-state index contributed by atoms with van der Waals surface area (Å²) in [4.78, 5) is 27.7. The molecule has 0 spiro atoms. The quantitative estimate of drug-likeness (QED) is 0.657. The summed E-state index contributed by atoms with van der Waals surface area (Å²) in [6, 6.07) is 15.3. The lowest BCUT2D eigenvalue weighted by Crippen LogP contribution is -2.54. The topological polar surface area (TPSA) is 86.8 Å². The normalized spacial score (nSPS) is 12.7. The van der Waals surface area contributed by atoms with E-state index < -0.39 is 34.1 Å². The van der Waals surface area contributed by atoms with Crippen molar-refractivity contribution in [3.63, 3.8) is 0 Å². The van der Waals surface area contributed by atoms with Crippen molar-refractivity contribution in [2.24, 2.45) is 0 Å². The molecule has 2 rings (SSSR count). The minimum Gasteiger partial charge on any atom is -0.350 e. The van der Waals surface area contributed by atoms with Gasteiger partial charge < -0.3 is 10.2 Å². The Morgan fingerprint density at radius 2 is 1.66 bits per heavy atom. The minimum atomic E-state index is -3.72.